The molecule has 25 heavy (non-hydrogen) atoms. The van der Waals surface area contributed by atoms with Crippen LogP contribution in [0.5, 0.6) is 0 Å². The van der Waals surface area contributed by atoms with Crippen LogP contribution >= 0.6 is 0 Å². The van der Waals surface area contributed by atoms with Crippen LogP contribution in [-0.4, -0.2) is 29.9 Å². The van der Waals surface area contributed by atoms with Crippen molar-refractivity contribution >= 4 is 11.6 Å². The van der Waals surface area contributed by atoms with E-state index in [1.807, 2.05) is 0 Å². The maximum atomic E-state index is 13.3. The number of hydrogen-bond donors (Lipinski definition) is 1. The maximum absolute atomic E-state index is 13.3. The lowest BCUT2D eigenvalue weighted by Crippen LogP contribution is -2.50. The van der Waals surface area contributed by atoms with E-state index in [1.165, 1.54) is 18.2 Å². The van der Waals surface area contributed by atoms with Crippen LogP contribution in [0, 0.1) is 11.7 Å². The molecule has 1 N–H and O–H groups in total. The first kappa shape index (κ1) is 17.7. The first-order valence-electron chi connectivity index (χ1n) is 8.20. The molecule has 0 radical (unpaired) electrons. The SMILES string of the molecule is O=C(N[C@H]1CCCC[C@@H]1C(F)(F)F)[C@H]1CC(c2cccc(F)c2)=NO1. The highest BCUT2D eigenvalue weighted by Gasteiger charge is 2.46. The molecule has 8 heteroatoms. The van der Waals surface area contributed by atoms with E-state index in [9.17, 15) is 22.4 Å². The molecule has 1 fully saturated rings. The van der Waals surface area contributed by atoms with E-state index in [-0.39, 0.29) is 12.8 Å². The van der Waals surface area contributed by atoms with Gasteiger partial charge in [0, 0.05) is 18.0 Å². The molecule has 1 aromatic carbocycles. The number of carbonyl (C=O) groups is 1. The van der Waals surface area contributed by atoms with Gasteiger partial charge in [0.25, 0.3) is 5.91 Å². The zero-order valence-corrected chi connectivity index (χ0v) is 13.4. The van der Waals surface area contributed by atoms with Crippen molar-refractivity contribution in [3.63, 3.8) is 0 Å². The Morgan fingerprint density at radius 1 is 1.24 bits per heavy atom. The van der Waals surface area contributed by atoms with Crippen molar-refractivity contribution in [1.82, 2.24) is 5.32 Å². The van der Waals surface area contributed by atoms with Gasteiger partial charge in [-0.3, -0.25) is 4.79 Å². The summed E-state index contributed by atoms with van der Waals surface area (Å²) >= 11 is 0. The van der Waals surface area contributed by atoms with Crippen molar-refractivity contribution in [2.75, 3.05) is 0 Å². The minimum atomic E-state index is -4.34. The van der Waals surface area contributed by atoms with Gasteiger partial charge in [0.1, 0.15) is 5.82 Å². The third kappa shape index (κ3) is 4.11. The van der Waals surface area contributed by atoms with Crippen molar-refractivity contribution in [2.45, 2.75) is 50.4 Å². The Labute approximate surface area is 142 Å². The number of hydrogen-bond acceptors (Lipinski definition) is 3. The predicted octanol–water partition coefficient (Wildman–Crippen LogP) is 3.56. The Hall–Kier alpha value is -2.12. The molecule has 0 bridgehead atoms. The van der Waals surface area contributed by atoms with Crippen LogP contribution in [0.15, 0.2) is 29.4 Å². The molecule has 1 aliphatic carbocycles. The number of rotatable bonds is 3. The standard InChI is InChI=1S/C17H18F4N2O2/c18-11-5-3-4-10(8-11)14-9-15(25-23-14)16(24)22-13-7-2-1-6-12(13)17(19,20)21/h3-5,8,12-13,15H,1-2,6-7,9H2,(H,22,24)/t12-,13-,15+/m0/s1. The first-order valence-corrected chi connectivity index (χ1v) is 8.20. The third-order valence-electron chi connectivity index (χ3n) is 4.63. The highest BCUT2D eigenvalue weighted by Crippen LogP contribution is 2.37. The van der Waals surface area contributed by atoms with Crippen molar-refractivity contribution < 1.29 is 27.2 Å². The van der Waals surface area contributed by atoms with Gasteiger partial charge in [0.2, 0.25) is 6.10 Å². The largest absolute Gasteiger partial charge is 0.393 e. The number of alkyl halides is 3. The molecule has 1 amide bonds. The van der Waals surface area contributed by atoms with Gasteiger partial charge >= 0.3 is 6.18 Å². The molecule has 136 valence electrons. The summed E-state index contributed by atoms with van der Waals surface area (Å²) in [6.07, 6.45) is -3.77. The minimum absolute atomic E-state index is 0.0189. The molecule has 3 rings (SSSR count). The van der Waals surface area contributed by atoms with E-state index in [2.05, 4.69) is 10.5 Å². The summed E-state index contributed by atoms with van der Waals surface area (Å²) in [7, 11) is 0. The van der Waals surface area contributed by atoms with Crippen LogP contribution in [0.3, 0.4) is 0 Å². The van der Waals surface area contributed by atoms with E-state index in [4.69, 9.17) is 4.84 Å². The highest BCUT2D eigenvalue weighted by atomic mass is 19.4. The molecule has 1 saturated carbocycles. The Morgan fingerprint density at radius 2 is 2.00 bits per heavy atom. The molecule has 2 aliphatic rings. The van der Waals surface area contributed by atoms with Crippen LogP contribution in [0.2, 0.25) is 0 Å². The van der Waals surface area contributed by atoms with E-state index in [0.29, 0.717) is 30.5 Å². The Balaban J connectivity index is 1.61. The van der Waals surface area contributed by atoms with Crippen molar-refractivity contribution in [1.29, 1.82) is 0 Å². The Bertz CT molecular complexity index is 675. The van der Waals surface area contributed by atoms with Crippen LogP contribution in [0.4, 0.5) is 17.6 Å². The number of carbonyl (C=O) groups excluding carboxylic acids is 1. The van der Waals surface area contributed by atoms with Gasteiger partial charge in [0.15, 0.2) is 0 Å². The van der Waals surface area contributed by atoms with Crippen LogP contribution in [-0.2, 0) is 9.63 Å². The number of oxime groups is 1. The molecule has 0 unspecified atom stereocenters. The number of nitrogens with zero attached hydrogens (tertiary/aromatic N) is 1. The third-order valence-corrected chi connectivity index (χ3v) is 4.63. The lowest BCUT2D eigenvalue weighted by molar-refractivity contribution is -0.189. The summed E-state index contributed by atoms with van der Waals surface area (Å²) in [5.74, 6) is -2.59. The van der Waals surface area contributed by atoms with E-state index in [0.717, 1.165) is 0 Å². The lowest BCUT2D eigenvalue weighted by Gasteiger charge is -2.33. The van der Waals surface area contributed by atoms with Crippen LogP contribution in [0.25, 0.3) is 0 Å². The number of nitrogens with one attached hydrogen (secondary N) is 1. The zero-order chi connectivity index (χ0) is 18.0. The molecule has 0 saturated heterocycles. The second-order valence-electron chi connectivity index (χ2n) is 6.39. The summed E-state index contributed by atoms with van der Waals surface area (Å²) in [4.78, 5) is 17.3. The molecule has 3 atom stereocenters. The van der Waals surface area contributed by atoms with Gasteiger partial charge in [-0.1, -0.05) is 30.1 Å². The molecular weight excluding hydrogens is 340 g/mol. The van der Waals surface area contributed by atoms with Gasteiger partial charge in [-0.15, -0.1) is 0 Å². The topological polar surface area (TPSA) is 50.7 Å². The Kier molecular flexibility index (Phi) is 4.96. The summed E-state index contributed by atoms with van der Waals surface area (Å²) < 4.78 is 52.6. The molecule has 1 aliphatic heterocycles. The average molecular weight is 358 g/mol. The van der Waals surface area contributed by atoms with Gasteiger partial charge in [-0.25, -0.2) is 4.39 Å². The van der Waals surface area contributed by atoms with Gasteiger partial charge in [-0.2, -0.15) is 13.2 Å². The smallest absolute Gasteiger partial charge is 0.382 e. The van der Waals surface area contributed by atoms with Gasteiger partial charge < -0.3 is 10.2 Å². The molecule has 1 heterocycles. The zero-order valence-electron chi connectivity index (χ0n) is 13.4. The monoisotopic (exact) mass is 358 g/mol. The second kappa shape index (κ2) is 7.01. The number of benzene rings is 1. The normalized spacial score (nSPS) is 26.7. The van der Waals surface area contributed by atoms with Crippen LogP contribution < -0.4 is 5.32 Å². The fourth-order valence-corrected chi connectivity index (χ4v) is 3.33. The molecule has 0 spiro atoms. The summed E-state index contributed by atoms with van der Waals surface area (Å²) in [6, 6.07) is 4.75. The fourth-order valence-electron chi connectivity index (χ4n) is 3.33. The average Bonchev–Trinajstić information content (AvgIpc) is 3.04. The highest BCUT2D eigenvalue weighted by molar-refractivity contribution is 6.04. The van der Waals surface area contributed by atoms with Crippen molar-refractivity contribution in [3.05, 3.63) is 35.6 Å². The first-order chi connectivity index (χ1) is 11.8. The molecular formula is C17H18F4N2O2. The quantitative estimate of drug-likeness (QED) is 0.840. The predicted molar refractivity (Wildman–Crippen MR) is 82.4 cm³/mol. The lowest BCUT2D eigenvalue weighted by atomic mass is 9.84. The molecule has 0 aromatic heterocycles. The van der Waals surface area contributed by atoms with E-state index >= 15 is 0 Å². The van der Waals surface area contributed by atoms with Gasteiger partial charge in [-0.05, 0) is 25.0 Å². The van der Waals surface area contributed by atoms with Gasteiger partial charge in [0.05, 0.1) is 11.6 Å². The fraction of sp³-hybridized carbons (Fsp3) is 0.529. The maximum Gasteiger partial charge on any atom is 0.393 e. The molecule has 4 nitrogen and oxygen atoms in total. The van der Waals surface area contributed by atoms with Crippen molar-refractivity contribution in [2.24, 2.45) is 11.1 Å². The number of halogens is 4. The second-order valence-corrected chi connectivity index (χ2v) is 6.39. The summed E-state index contributed by atoms with van der Waals surface area (Å²) in [5, 5.41) is 6.25. The van der Waals surface area contributed by atoms with Crippen LogP contribution in [0.1, 0.15) is 37.7 Å². The molecule has 1 aromatic rings. The van der Waals surface area contributed by atoms with E-state index in [1.54, 1.807) is 6.07 Å². The number of amides is 1. The van der Waals surface area contributed by atoms with Crippen molar-refractivity contribution in [3.8, 4) is 0 Å². The minimum Gasteiger partial charge on any atom is -0.382 e. The van der Waals surface area contributed by atoms with E-state index < -0.39 is 36.0 Å². The summed E-state index contributed by atoms with van der Waals surface area (Å²) in [6.45, 7) is 0. The Morgan fingerprint density at radius 3 is 2.72 bits per heavy atom. The summed E-state index contributed by atoms with van der Waals surface area (Å²) in [5.41, 5.74) is 0.886.